The van der Waals surface area contributed by atoms with Gasteiger partial charge < -0.3 is 4.90 Å². The topological polar surface area (TPSA) is 75.5 Å². The molecule has 142 valence electrons. The minimum absolute atomic E-state index is 0.129. The first-order chi connectivity index (χ1) is 12.3. The molecule has 8 heteroatoms. The zero-order valence-electron chi connectivity index (χ0n) is 15.4. The van der Waals surface area contributed by atoms with Crippen LogP contribution in [0.5, 0.6) is 0 Å². The predicted octanol–water partition coefficient (Wildman–Crippen LogP) is 0.924. The molecule has 1 aromatic carbocycles. The molecule has 26 heavy (non-hydrogen) atoms. The van der Waals surface area contributed by atoms with Crippen LogP contribution in [0.4, 0.5) is 0 Å². The number of hydrogen-bond donors (Lipinski definition) is 0. The molecule has 0 saturated carbocycles. The van der Waals surface area contributed by atoms with E-state index in [0.29, 0.717) is 32.6 Å². The smallest absolute Gasteiger partial charge is 0.224 e. The Balaban J connectivity index is 1.49. The van der Waals surface area contributed by atoms with Crippen LogP contribution < -0.4 is 0 Å². The molecular formula is C18H26N4O3S. The summed E-state index contributed by atoms with van der Waals surface area (Å²) in [5, 5.41) is 5.48. The number of rotatable bonds is 6. The number of piperazine rings is 1. The lowest BCUT2D eigenvalue weighted by Gasteiger charge is -2.34. The molecule has 0 bridgehead atoms. The summed E-state index contributed by atoms with van der Waals surface area (Å²) < 4.78 is 24.4. The molecule has 0 spiro atoms. The molecule has 0 N–H and O–H groups in total. The van der Waals surface area contributed by atoms with E-state index in [9.17, 15) is 13.2 Å². The van der Waals surface area contributed by atoms with E-state index in [-0.39, 0.29) is 11.7 Å². The SMILES string of the molecule is Cc1ccc2cnn(CCC(=O)N3CCN(CCS(C)(=O)=O)CC3)c2c1. The second kappa shape index (κ2) is 7.75. The number of nitrogens with zero attached hydrogens (tertiary/aromatic N) is 4. The molecule has 7 nitrogen and oxygen atoms in total. The molecule has 1 aliphatic heterocycles. The summed E-state index contributed by atoms with van der Waals surface area (Å²) in [6.45, 7) is 5.92. The summed E-state index contributed by atoms with van der Waals surface area (Å²) >= 11 is 0. The van der Waals surface area contributed by atoms with Gasteiger partial charge in [-0.05, 0) is 18.6 Å². The molecule has 1 aliphatic rings. The maximum Gasteiger partial charge on any atom is 0.224 e. The Labute approximate surface area is 154 Å². The van der Waals surface area contributed by atoms with Gasteiger partial charge in [-0.15, -0.1) is 0 Å². The first-order valence-electron chi connectivity index (χ1n) is 8.92. The molecule has 0 aliphatic carbocycles. The predicted molar refractivity (Wildman–Crippen MR) is 102 cm³/mol. The number of carbonyl (C=O) groups is 1. The van der Waals surface area contributed by atoms with Gasteiger partial charge in [0.2, 0.25) is 5.91 Å². The molecule has 1 fully saturated rings. The van der Waals surface area contributed by atoms with Gasteiger partial charge in [-0.2, -0.15) is 5.10 Å². The van der Waals surface area contributed by atoms with Crippen molar-refractivity contribution in [3.8, 4) is 0 Å². The third-order valence-corrected chi connectivity index (χ3v) is 5.77. The van der Waals surface area contributed by atoms with Gasteiger partial charge in [0.25, 0.3) is 0 Å². The van der Waals surface area contributed by atoms with Gasteiger partial charge in [0.05, 0.1) is 24.0 Å². The van der Waals surface area contributed by atoms with Crippen molar-refractivity contribution < 1.29 is 13.2 Å². The number of hydrogen-bond acceptors (Lipinski definition) is 5. The number of fused-ring (bicyclic) bond motifs is 1. The van der Waals surface area contributed by atoms with Gasteiger partial charge in [0, 0.05) is 50.8 Å². The van der Waals surface area contributed by atoms with E-state index in [0.717, 1.165) is 24.0 Å². The Morgan fingerprint density at radius 1 is 1.15 bits per heavy atom. The fourth-order valence-corrected chi connectivity index (χ4v) is 3.82. The highest BCUT2D eigenvalue weighted by molar-refractivity contribution is 7.90. The molecule has 3 rings (SSSR count). The Bertz CT molecular complexity index is 883. The Kier molecular flexibility index (Phi) is 5.62. The minimum atomic E-state index is -2.94. The van der Waals surface area contributed by atoms with E-state index in [1.165, 1.54) is 11.8 Å². The van der Waals surface area contributed by atoms with Gasteiger partial charge >= 0.3 is 0 Å². The monoisotopic (exact) mass is 378 g/mol. The number of benzene rings is 1. The van der Waals surface area contributed by atoms with Gasteiger partial charge in [-0.1, -0.05) is 12.1 Å². The van der Waals surface area contributed by atoms with E-state index in [2.05, 4.69) is 22.1 Å². The normalized spacial score (nSPS) is 16.3. The molecule has 0 radical (unpaired) electrons. The first kappa shape index (κ1) is 18.8. The lowest BCUT2D eigenvalue weighted by atomic mass is 10.2. The van der Waals surface area contributed by atoms with Crippen molar-refractivity contribution in [3.05, 3.63) is 30.0 Å². The summed E-state index contributed by atoms with van der Waals surface area (Å²) in [6.07, 6.45) is 3.51. The van der Waals surface area contributed by atoms with Crippen LogP contribution in [0.1, 0.15) is 12.0 Å². The second-order valence-electron chi connectivity index (χ2n) is 7.03. The van der Waals surface area contributed by atoms with E-state index >= 15 is 0 Å². The zero-order chi connectivity index (χ0) is 18.7. The van der Waals surface area contributed by atoms with Crippen LogP contribution in [0, 0.1) is 6.92 Å². The second-order valence-corrected chi connectivity index (χ2v) is 9.29. The number of aryl methyl sites for hydroxylation is 2. The van der Waals surface area contributed by atoms with Gasteiger partial charge in [-0.3, -0.25) is 14.4 Å². The molecule has 0 unspecified atom stereocenters. The third-order valence-electron chi connectivity index (χ3n) is 4.84. The number of amides is 1. The Morgan fingerprint density at radius 2 is 1.88 bits per heavy atom. The highest BCUT2D eigenvalue weighted by atomic mass is 32.2. The third kappa shape index (κ3) is 4.82. The molecule has 1 aromatic heterocycles. The van der Waals surface area contributed by atoms with Crippen molar-refractivity contribution in [2.24, 2.45) is 0 Å². The van der Waals surface area contributed by atoms with E-state index in [1.54, 1.807) is 0 Å². The number of sulfone groups is 1. The number of carbonyl (C=O) groups excluding carboxylic acids is 1. The molecule has 0 atom stereocenters. The maximum absolute atomic E-state index is 12.5. The van der Waals surface area contributed by atoms with Crippen molar-refractivity contribution in [1.29, 1.82) is 0 Å². The van der Waals surface area contributed by atoms with Crippen LogP contribution >= 0.6 is 0 Å². The van der Waals surface area contributed by atoms with Crippen molar-refractivity contribution in [2.45, 2.75) is 19.9 Å². The van der Waals surface area contributed by atoms with Crippen LogP contribution in [0.3, 0.4) is 0 Å². The van der Waals surface area contributed by atoms with Crippen molar-refractivity contribution in [2.75, 3.05) is 44.7 Å². The molecule has 2 heterocycles. The summed E-state index contributed by atoms with van der Waals surface area (Å²) in [5.41, 5.74) is 2.24. The molecule has 1 amide bonds. The van der Waals surface area contributed by atoms with Crippen LogP contribution in [-0.4, -0.2) is 78.6 Å². The lowest BCUT2D eigenvalue weighted by molar-refractivity contribution is -0.133. The van der Waals surface area contributed by atoms with Gasteiger partial charge in [0.15, 0.2) is 0 Å². The number of aromatic nitrogens is 2. The summed E-state index contributed by atoms with van der Waals surface area (Å²) in [4.78, 5) is 16.5. The largest absolute Gasteiger partial charge is 0.340 e. The van der Waals surface area contributed by atoms with Crippen molar-refractivity contribution in [1.82, 2.24) is 19.6 Å². The quantitative estimate of drug-likeness (QED) is 0.747. The summed E-state index contributed by atoms with van der Waals surface area (Å²) in [5.74, 6) is 0.302. The van der Waals surface area contributed by atoms with Crippen molar-refractivity contribution >= 4 is 26.6 Å². The van der Waals surface area contributed by atoms with Crippen LogP contribution in [0.25, 0.3) is 10.9 Å². The van der Waals surface area contributed by atoms with Crippen LogP contribution in [0.15, 0.2) is 24.4 Å². The standard InChI is InChI=1S/C18H26N4O3S/c1-15-3-4-16-14-19-22(17(16)13-15)6-5-18(23)21-9-7-20(8-10-21)11-12-26(2,24)25/h3-4,13-14H,5-12H2,1-2H3. The van der Waals surface area contributed by atoms with E-state index in [4.69, 9.17) is 0 Å². The average Bonchev–Trinajstić information content (AvgIpc) is 3.00. The molecular weight excluding hydrogens is 352 g/mol. The van der Waals surface area contributed by atoms with Crippen LogP contribution in [-0.2, 0) is 21.2 Å². The fourth-order valence-electron chi connectivity index (χ4n) is 3.23. The summed E-state index contributed by atoms with van der Waals surface area (Å²) in [6, 6.07) is 6.20. The first-order valence-corrected chi connectivity index (χ1v) is 11.0. The minimum Gasteiger partial charge on any atom is -0.340 e. The van der Waals surface area contributed by atoms with Gasteiger partial charge in [-0.25, -0.2) is 8.42 Å². The lowest BCUT2D eigenvalue weighted by Crippen LogP contribution is -2.49. The van der Waals surface area contributed by atoms with Crippen molar-refractivity contribution in [3.63, 3.8) is 0 Å². The fraction of sp³-hybridized carbons (Fsp3) is 0.556. The van der Waals surface area contributed by atoms with Gasteiger partial charge in [0.1, 0.15) is 9.84 Å². The maximum atomic E-state index is 12.5. The van der Waals surface area contributed by atoms with E-state index < -0.39 is 9.84 Å². The Morgan fingerprint density at radius 3 is 2.58 bits per heavy atom. The Hall–Kier alpha value is -1.93. The molecule has 2 aromatic rings. The molecule has 1 saturated heterocycles. The highest BCUT2D eigenvalue weighted by Gasteiger charge is 2.21. The average molecular weight is 378 g/mol. The van der Waals surface area contributed by atoms with E-state index in [1.807, 2.05) is 28.8 Å². The zero-order valence-corrected chi connectivity index (χ0v) is 16.2. The summed E-state index contributed by atoms with van der Waals surface area (Å²) in [7, 11) is -2.94. The highest BCUT2D eigenvalue weighted by Crippen LogP contribution is 2.16. The van der Waals surface area contributed by atoms with Crippen LogP contribution in [0.2, 0.25) is 0 Å².